The van der Waals surface area contributed by atoms with Gasteiger partial charge in [0.2, 0.25) is 5.95 Å². The summed E-state index contributed by atoms with van der Waals surface area (Å²) >= 11 is 0. The fraction of sp³-hybridized carbons (Fsp3) is 0.280. The third kappa shape index (κ3) is 4.39. The van der Waals surface area contributed by atoms with Crippen LogP contribution < -0.4 is 21.3 Å². The SMILES string of the molecule is CP(C)(=O)c1ccccc1Nc1nc(N)nc2ccn(-c3ccc(N4CCC(O)CC4)cc3)c12. The lowest BCUT2D eigenvalue weighted by Crippen LogP contribution is -2.35. The lowest BCUT2D eigenvalue weighted by atomic mass is 10.1. The summed E-state index contributed by atoms with van der Waals surface area (Å²) in [4.78, 5) is 11.2. The second kappa shape index (κ2) is 8.78. The maximum Gasteiger partial charge on any atom is 0.222 e. The zero-order valence-electron chi connectivity index (χ0n) is 19.3. The molecule has 0 radical (unpaired) electrons. The van der Waals surface area contributed by atoms with Crippen LogP contribution in [-0.4, -0.2) is 52.2 Å². The van der Waals surface area contributed by atoms with Crippen LogP contribution in [0, 0.1) is 0 Å². The van der Waals surface area contributed by atoms with E-state index in [1.165, 1.54) is 0 Å². The van der Waals surface area contributed by atoms with Crippen molar-refractivity contribution in [3.05, 3.63) is 60.8 Å². The maximum absolute atomic E-state index is 12.9. The van der Waals surface area contributed by atoms with E-state index in [1.54, 1.807) is 13.3 Å². The van der Waals surface area contributed by atoms with Crippen molar-refractivity contribution in [1.82, 2.24) is 14.5 Å². The standard InChI is InChI=1S/C25H29N6O2P/c1-34(2,33)22-6-4-3-5-20(22)27-24-23-21(28-25(26)29-24)13-16-31(23)18-9-7-17(8-10-18)30-14-11-19(32)12-15-30/h3-10,13,16,19,32H,11-12,14-15H2,1-2H3,(H3,26,27,28,29). The summed E-state index contributed by atoms with van der Waals surface area (Å²) in [6, 6.07) is 17.8. The largest absolute Gasteiger partial charge is 0.393 e. The van der Waals surface area contributed by atoms with Crippen molar-refractivity contribution in [2.24, 2.45) is 0 Å². The van der Waals surface area contributed by atoms with Crippen LogP contribution in [0.5, 0.6) is 0 Å². The first-order valence-corrected chi connectivity index (χ1v) is 14.0. The highest BCUT2D eigenvalue weighted by molar-refractivity contribution is 7.70. The van der Waals surface area contributed by atoms with Gasteiger partial charge < -0.3 is 30.2 Å². The Labute approximate surface area is 198 Å². The van der Waals surface area contributed by atoms with Crippen LogP contribution in [0.25, 0.3) is 16.7 Å². The van der Waals surface area contributed by atoms with Crippen molar-refractivity contribution < 1.29 is 9.67 Å². The molecule has 3 heterocycles. The van der Waals surface area contributed by atoms with E-state index in [0.29, 0.717) is 5.82 Å². The predicted molar refractivity (Wildman–Crippen MR) is 140 cm³/mol. The lowest BCUT2D eigenvalue weighted by Gasteiger charge is -2.31. The molecule has 2 aromatic carbocycles. The Morgan fingerprint density at radius 3 is 2.38 bits per heavy atom. The minimum atomic E-state index is -2.51. The van der Waals surface area contributed by atoms with Crippen molar-refractivity contribution in [3.63, 3.8) is 0 Å². The predicted octanol–water partition coefficient (Wildman–Crippen LogP) is 3.96. The number of rotatable bonds is 5. The van der Waals surface area contributed by atoms with Crippen molar-refractivity contribution in [3.8, 4) is 5.69 Å². The van der Waals surface area contributed by atoms with Crippen LogP contribution >= 0.6 is 7.14 Å². The zero-order chi connectivity index (χ0) is 23.9. The number of fused-ring (bicyclic) bond motifs is 1. The summed E-state index contributed by atoms with van der Waals surface area (Å²) in [6.45, 7) is 5.22. The van der Waals surface area contributed by atoms with Crippen LogP contribution in [0.15, 0.2) is 60.8 Å². The Bertz CT molecular complexity index is 1370. The van der Waals surface area contributed by atoms with Crippen molar-refractivity contribution >= 4 is 46.6 Å². The molecule has 1 aliphatic heterocycles. The highest BCUT2D eigenvalue weighted by Gasteiger charge is 2.20. The maximum atomic E-state index is 12.9. The Balaban J connectivity index is 1.53. The number of nitrogens with zero attached hydrogens (tertiary/aromatic N) is 4. The molecule has 0 saturated carbocycles. The van der Waals surface area contributed by atoms with Gasteiger partial charge in [-0.3, -0.25) is 0 Å². The van der Waals surface area contributed by atoms with Crippen LogP contribution in [0.4, 0.5) is 23.1 Å². The highest BCUT2D eigenvalue weighted by atomic mass is 31.2. The Hall–Kier alpha value is -3.35. The molecule has 0 bridgehead atoms. The summed E-state index contributed by atoms with van der Waals surface area (Å²) < 4.78 is 14.9. The number of benzene rings is 2. The molecule has 0 unspecified atom stereocenters. The molecule has 176 valence electrons. The molecule has 5 rings (SSSR count). The van der Waals surface area contributed by atoms with E-state index < -0.39 is 7.14 Å². The third-order valence-electron chi connectivity index (χ3n) is 6.25. The van der Waals surface area contributed by atoms with Crippen molar-refractivity contribution in [2.45, 2.75) is 18.9 Å². The van der Waals surface area contributed by atoms with Gasteiger partial charge in [-0.05, 0) is 68.6 Å². The first-order chi connectivity index (χ1) is 16.3. The summed E-state index contributed by atoms with van der Waals surface area (Å²) in [5.41, 5.74) is 10.4. The fourth-order valence-electron chi connectivity index (χ4n) is 4.49. The van der Waals surface area contributed by atoms with Crippen molar-refractivity contribution in [2.75, 3.05) is 42.4 Å². The van der Waals surface area contributed by atoms with Crippen molar-refractivity contribution in [1.29, 1.82) is 0 Å². The molecular formula is C25H29N6O2P. The Morgan fingerprint density at radius 1 is 1.00 bits per heavy atom. The number of aliphatic hydroxyl groups is 1. The molecule has 34 heavy (non-hydrogen) atoms. The van der Waals surface area contributed by atoms with Gasteiger partial charge in [0, 0.05) is 36.0 Å². The molecule has 8 nitrogen and oxygen atoms in total. The summed E-state index contributed by atoms with van der Waals surface area (Å²) in [5, 5.41) is 13.9. The van der Waals surface area contributed by atoms with E-state index in [-0.39, 0.29) is 12.1 Å². The highest BCUT2D eigenvalue weighted by Crippen LogP contribution is 2.39. The second-order valence-corrected chi connectivity index (χ2v) is 12.3. The monoisotopic (exact) mass is 476 g/mol. The minimum Gasteiger partial charge on any atom is -0.393 e. The van der Waals surface area contributed by atoms with Gasteiger partial charge in [-0.15, -0.1) is 0 Å². The summed E-state index contributed by atoms with van der Waals surface area (Å²) in [6.07, 6.45) is 3.34. The van der Waals surface area contributed by atoms with Gasteiger partial charge >= 0.3 is 0 Å². The molecule has 0 aliphatic carbocycles. The molecular weight excluding hydrogens is 447 g/mol. The van der Waals surface area contributed by atoms with E-state index in [2.05, 4.69) is 44.5 Å². The molecule has 2 aromatic heterocycles. The number of piperidine rings is 1. The number of nitrogen functional groups attached to an aromatic ring is 1. The number of hydrogen-bond donors (Lipinski definition) is 3. The van der Waals surface area contributed by atoms with Crippen LogP contribution in [0.1, 0.15) is 12.8 Å². The topological polar surface area (TPSA) is 109 Å². The first-order valence-electron chi connectivity index (χ1n) is 11.4. The third-order valence-corrected chi connectivity index (χ3v) is 7.80. The van der Waals surface area contributed by atoms with Gasteiger partial charge in [-0.2, -0.15) is 4.98 Å². The van der Waals surface area contributed by atoms with Crippen LogP contribution in [-0.2, 0) is 4.57 Å². The number of anilines is 4. The lowest BCUT2D eigenvalue weighted by molar-refractivity contribution is 0.145. The van der Waals surface area contributed by atoms with Crippen LogP contribution in [0.3, 0.4) is 0 Å². The number of aliphatic hydroxyl groups excluding tert-OH is 1. The van der Waals surface area contributed by atoms with Gasteiger partial charge in [0.05, 0.1) is 17.3 Å². The van der Waals surface area contributed by atoms with Gasteiger partial charge in [0.25, 0.3) is 0 Å². The molecule has 1 saturated heterocycles. The van der Waals surface area contributed by atoms with E-state index in [4.69, 9.17) is 5.73 Å². The number of nitrogens with two attached hydrogens (primary N) is 1. The zero-order valence-corrected chi connectivity index (χ0v) is 20.2. The molecule has 0 amide bonds. The summed E-state index contributed by atoms with van der Waals surface area (Å²) in [5.74, 6) is 0.728. The van der Waals surface area contributed by atoms with Crippen LogP contribution in [0.2, 0.25) is 0 Å². The minimum absolute atomic E-state index is 0.170. The normalized spacial score (nSPS) is 15.1. The van der Waals surface area contributed by atoms with E-state index >= 15 is 0 Å². The quantitative estimate of drug-likeness (QED) is 0.374. The van der Waals surface area contributed by atoms with Gasteiger partial charge in [0.1, 0.15) is 12.7 Å². The molecule has 9 heteroatoms. The average molecular weight is 477 g/mol. The van der Waals surface area contributed by atoms with E-state index in [0.717, 1.165) is 59.3 Å². The number of nitrogens with one attached hydrogen (secondary N) is 1. The number of para-hydroxylation sites is 1. The molecule has 4 aromatic rings. The molecule has 1 aliphatic rings. The number of hydrogen-bond acceptors (Lipinski definition) is 7. The second-order valence-electron chi connectivity index (χ2n) is 9.08. The van der Waals surface area contributed by atoms with Gasteiger partial charge in [0.15, 0.2) is 5.82 Å². The smallest absolute Gasteiger partial charge is 0.222 e. The molecule has 4 N–H and O–H groups in total. The fourth-order valence-corrected chi connectivity index (χ4v) is 5.65. The molecule has 0 atom stereocenters. The number of aromatic nitrogens is 3. The first kappa shape index (κ1) is 22.4. The summed E-state index contributed by atoms with van der Waals surface area (Å²) in [7, 11) is -2.51. The van der Waals surface area contributed by atoms with Gasteiger partial charge in [-0.25, -0.2) is 4.98 Å². The average Bonchev–Trinajstić information content (AvgIpc) is 3.23. The van der Waals surface area contributed by atoms with E-state index in [1.807, 2.05) is 41.1 Å². The van der Waals surface area contributed by atoms with E-state index in [9.17, 15) is 9.67 Å². The van der Waals surface area contributed by atoms with Gasteiger partial charge in [-0.1, -0.05) is 12.1 Å². The Morgan fingerprint density at radius 2 is 1.68 bits per heavy atom. The molecule has 0 spiro atoms. The Kier molecular flexibility index (Phi) is 5.80. The molecule has 1 fully saturated rings.